The van der Waals surface area contributed by atoms with Gasteiger partial charge in [-0.1, -0.05) is 19.1 Å². The van der Waals surface area contributed by atoms with E-state index in [1.54, 1.807) is 12.1 Å². The summed E-state index contributed by atoms with van der Waals surface area (Å²) < 4.78 is 24.2. The highest BCUT2D eigenvalue weighted by molar-refractivity contribution is 5.78. The van der Waals surface area contributed by atoms with Crippen LogP contribution >= 0.6 is 0 Å². The fourth-order valence-electron chi connectivity index (χ4n) is 4.63. The van der Waals surface area contributed by atoms with E-state index in [0.29, 0.717) is 48.1 Å². The maximum Gasteiger partial charge on any atom is 0.332 e. The number of hydrogen-bond donors (Lipinski definition) is 0. The van der Waals surface area contributed by atoms with Gasteiger partial charge < -0.3 is 9.30 Å². The van der Waals surface area contributed by atoms with Gasteiger partial charge in [0.2, 0.25) is 5.88 Å². The third kappa shape index (κ3) is 4.23. The van der Waals surface area contributed by atoms with E-state index < -0.39 is 0 Å². The van der Waals surface area contributed by atoms with Crippen LogP contribution in [0.1, 0.15) is 50.8 Å². The van der Waals surface area contributed by atoms with E-state index in [1.807, 2.05) is 37.5 Å². The molecule has 1 aromatic carbocycles. The van der Waals surface area contributed by atoms with Crippen molar-refractivity contribution in [3.63, 3.8) is 0 Å². The summed E-state index contributed by atoms with van der Waals surface area (Å²) in [6.07, 6.45) is 4.10. The minimum Gasteiger partial charge on any atom is -0.474 e. The molecule has 9 heteroatoms. The smallest absolute Gasteiger partial charge is 0.332 e. The summed E-state index contributed by atoms with van der Waals surface area (Å²) in [4.78, 5) is 36.2. The first kappa shape index (κ1) is 24.0. The van der Waals surface area contributed by atoms with Crippen molar-refractivity contribution < 1.29 is 9.13 Å². The van der Waals surface area contributed by atoms with Crippen LogP contribution in [0, 0.1) is 12.7 Å². The molecule has 0 amide bonds. The molecule has 1 saturated carbocycles. The Morgan fingerprint density at radius 3 is 2.36 bits per heavy atom. The molecule has 3 heterocycles. The molecule has 8 nitrogen and oxygen atoms in total. The number of halogens is 1. The fourth-order valence-corrected chi connectivity index (χ4v) is 4.63. The monoisotopic (exact) mass is 491 g/mol. The molecule has 4 aromatic rings. The molecule has 0 spiro atoms. The minimum absolute atomic E-state index is 0.210. The Morgan fingerprint density at radius 2 is 1.75 bits per heavy atom. The fraction of sp³-hybridized carbons (Fsp3) is 0.407. The molecule has 0 unspecified atom stereocenters. The lowest BCUT2D eigenvalue weighted by molar-refractivity contribution is 0.114. The van der Waals surface area contributed by atoms with Gasteiger partial charge in [-0.25, -0.2) is 19.2 Å². The molecular weight excluding hydrogens is 461 g/mol. The van der Waals surface area contributed by atoms with Crippen molar-refractivity contribution in [3.05, 3.63) is 74.3 Å². The second-order valence-electron chi connectivity index (χ2n) is 9.26. The van der Waals surface area contributed by atoms with Crippen LogP contribution in [-0.4, -0.2) is 29.8 Å². The molecule has 0 saturated heterocycles. The topological polar surface area (TPSA) is 83.9 Å². The molecule has 1 aliphatic rings. The normalized spacial score (nSPS) is 13.8. The Bertz CT molecular complexity index is 1530. The molecule has 0 aliphatic heterocycles. The lowest BCUT2D eigenvalue weighted by atomic mass is 9.96. The van der Waals surface area contributed by atoms with Gasteiger partial charge >= 0.3 is 5.69 Å². The molecule has 1 aliphatic carbocycles. The second-order valence-corrected chi connectivity index (χ2v) is 9.26. The molecule has 0 N–H and O–H groups in total. The molecule has 0 bridgehead atoms. The van der Waals surface area contributed by atoms with Crippen molar-refractivity contribution >= 4 is 11.2 Å². The number of fused-ring (bicyclic) bond motifs is 1. The first-order chi connectivity index (χ1) is 17.4. The van der Waals surface area contributed by atoms with Crippen molar-refractivity contribution in [3.8, 4) is 17.3 Å². The molecule has 3 aromatic heterocycles. The van der Waals surface area contributed by atoms with Crippen molar-refractivity contribution in [2.24, 2.45) is 0 Å². The largest absolute Gasteiger partial charge is 0.474 e. The van der Waals surface area contributed by atoms with Crippen LogP contribution in [0.2, 0.25) is 0 Å². The van der Waals surface area contributed by atoms with Gasteiger partial charge in [0.1, 0.15) is 17.7 Å². The number of rotatable bonds is 8. The highest BCUT2D eigenvalue weighted by Gasteiger charge is 2.24. The number of benzene rings is 1. The third-order valence-corrected chi connectivity index (χ3v) is 6.77. The number of hydrogen-bond acceptors (Lipinski definition) is 5. The first-order valence-corrected chi connectivity index (χ1v) is 12.5. The summed E-state index contributed by atoms with van der Waals surface area (Å²) in [5.41, 5.74) is 2.20. The number of pyridine rings is 1. The zero-order chi connectivity index (χ0) is 25.4. The summed E-state index contributed by atoms with van der Waals surface area (Å²) >= 11 is 0. The number of aromatic nitrogens is 5. The highest BCUT2D eigenvalue weighted by Crippen LogP contribution is 2.29. The number of nitrogens with zero attached hydrogens (tertiary/aromatic N) is 5. The van der Waals surface area contributed by atoms with Crippen LogP contribution in [-0.2, 0) is 19.6 Å². The van der Waals surface area contributed by atoms with Crippen molar-refractivity contribution in [1.29, 1.82) is 0 Å². The van der Waals surface area contributed by atoms with Crippen molar-refractivity contribution in [2.75, 3.05) is 0 Å². The quantitative estimate of drug-likeness (QED) is 0.367. The molecular formula is C27H30FN5O3. The van der Waals surface area contributed by atoms with Crippen LogP contribution < -0.4 is 16.0 Å². The molecule has 0 atom stereocenters. The second kappa shape index (κ2) is 9.72. The average Bonchev–Trinajstić information content (AvgIpc) is 3.19. The van der Waals surface area contributed by atoms with E-state index in [-0.39, 0.29) is 29.7 Å². The van der Waals surface area contributed by atoms with Crippen molar-refractivity contribution in [2.45, 2.75) is 72.2 Å². The Balaban J connectivity index is 1.73. The minimum atomic E-state index is -0.377. The number of imidazole rings is 1. The van der Waals surface area contributed by atoms with Crippen LogP contribution in [0.3, 0.4) is 0 Å². The highest BCUT2D eigenvalue weighted by atomic mass is 19.1. The molecule has 0 radical (unpaired) electrons. The lowest BCUT2D eigenvalue weighted by Gasteiger charge is -2.25. The van der Waals surface area contributed by atoms with Gasteiger partial charge in [0, 0.05) is 31.3 Å². The van der Waals surface area contributed by atoms with E-state index in [4.69, 9.17) is 9.72 Å². The summed E-state index contributed by atoms with van der Waals surface area (Å²) in [5, 5.41) is 0. The van der Waals surface area contributed by atoms with E-state index in [1.165, 1.54) is 27.7 Å². The molecule has 5 rings (SSSR count). The maximum atomic E-state index is 13.6. The van der Waals surface area contributed by atoms with Crippen LogP contribution in [0.4, 0.5) is 4.39 Å². The Hall–Kier alpha value is -3.75. The number of ether oxygens (including phenoxy) is 1. The van der Waals surface area contributed by atoms with Gasteiger partial charge in [-0.05, 0) is 63.3 Å². The van der Waals surface area contributed by atoms with E-state index >= 15 is 0 Å². The van der Waals surface area contributed by atoms with Crippen LogP contribution in [0.25, 0.3) is 22.6 Å². The Morgan fingerprint density at radius 1 is 1.00 bits per heavy atom. The zero-order valence-electron chi connectivity index (χ0n) is 20.8. The van der Waals surface area contributed by atoms with E-state index in [9.17, 15) is 14.0 Å². The summed E-state index contributed by atoms with van der Waals surface area (Å²) in [7, 11) is 0. The number of aryl methyl sites for hydroxylation is 2. The van der Waals surface area contributed by atoms with Gasteiger partial charge in [-0.2, -0.15) is 0 Å². The average molecular weight is 492 g/mol. The van der Waals surface area contributed by atoms with Gasteiger partial charge in [0.05, 0.1) is 5.69 Å². The predicted octanol–water partition coefficient (Wildman–Crippen LogP) is 4.28. The summed E-state index contributed by atoms with van der Waals surface area (Å²) in [6, 6.07) is 9.88. The summed E-state index contributed by atoms with van der Waals surface area (Å²) in [6.45, 7) is 6.65. The Labute approximate surface area is 208 Å². The Kier molecular flexibility index (Phi) is 6.47. The van der Waals surface area contributed by atoms with Crippen LogP contribution in [0.5, 0.6) is 5.88 Å². The molecule has 36 heavy (non-hydrogen) atoms. The molecule has 188 valence electrons. The van der Waals surface area contributed by atoms with E-state index in [2.05, 4.69) is 4.98 Å². The standard InChI is InChI=1S/C27H30FN5O3/c1-4-15-32-26(34)23-25(31(5-2)27(32)35)30-24(33(23)16-18-9-11-19(28)12-10-18)21-13-14-22(29-17(21)3)36-20-7-6-8-20/h9-14,20H,4-8,15-16H2,1-3H3. The first-order valence-electron chi connectivity index (χ1n) is 12.5. The predicted molar refractivity (Wildman–Crippen MR) is 136 cm³/mol. The van der Waals surface area contributed by atoms with Gasteiger partial charge in [0.15, 0.2) is 11.2 Å². The lowest BCUT2D eigenvalue weighted by Crippen LogP contribution is -2.40. The van der Waals surface area contributed by atoms with E-state index in [0.717, 1.165) is 24.0 Å². The third-order valence-electron chi connectivity index (χ3n) is 6.77. The zero-order valence-corrected chi connectivity index (χ0v) is 20.8. The molecule has 1 fully saturated rings. The van der Waals surface area contributed by atoms with Gasteiger partial charge in [0.25, 0.3) is 5.56 Å². The summed E-state index contributed by atoms with van der Waals surface area (Å²) in [5.74, 6) is 0.766. The SMILES string of the molecule is CCCn1c(=O)c2c(nc(-c3ccc(OC4CCC4)nc3C)n2Cc2ccc(F)cc2)n(CC)c1=O. The van der Waals surface area contributed by atoms with Crippen LogP contribution in [0.15, 0.2) is 46.0 Å². The van der Waals surface area contributed by atoms with Crippen molar-refractivity contribution in [1.82, 2.24) is 23.7 Å². The maximum absolute atomic E-state index is 13.6. The van der Waals surface area contributed by atoms with Gasteiger partial charge in [-0.3, -0.25) is 13.9 Å². The van der Waals surface area contributed by atoms with Gasteiger partial charge in [-0.15, -0.1) is 0 Å².